The van der Waals surface area contributed by atoms with Gasteiger partial charge in [-0.25, -0.2) is 75.3 Å². The van der Waals surface area contributed by atoms with Gasteiger partial charge in [-0.2, -0.15) is 0 Å². The van der Waals surface area contributed by atoms with Crippen molar-refractivity contribution in [3.05, 3.63) is 107 Å². The number of nitriles is 3. The van der Waals surface area contributed by atoms with E-state index in [0.717, 1.165) is 0 Å². The monoisotopic (exact) mass is 2070 g/mol. The molecule has 2 aliphatic carbocycles. The Hall–Kier alpha value is -3.62. The van der Waals surface area contributed by atoms with E-state index < -0.39 is 58.6 Å². The second-order valence-electron chi connectivity index (χ2n) is 6.31. The molecule has 422 valence electrons. The van der Waals surface area contributed by atoms with Crippen LogP contribution in [0.15, 0.2) is 0 Å². The van der Waals surface area contributed by atoms with E-state index in [4.69, 9.17) is 108 Å². The maximum atomic E-state index is 10.4. The minimum absolute atomic E-state index is 0. The molecule has 2 fully saturated rings. The third-order valence-electron chi connectivity index (χ3n) is 4.42. The van der Waals surface area contributed by atoms with Crippen molar-refractivity contribution in [1.82, 2.24) is 0 Å². The molecule has 0 radical (unpaired) electrons. The summed E-state index contributed by atoms with van der Waals surface area (Å²) in [6.07, 6.45) is 2.52. The summed E-state index contributed by atoms with van der Waals surface area (Å²) in [7, 11) is 0. The molecule has 0 atom stereocenters. The summed E-state index contributed by atoms with van der Waals surface area (Å²) in [5.41, 5.74) is -2.89. The summed E-state index contributed by atoms with van der Waals surface area (Å²) in [4.78, 5) is 77.9. The number of rotatable bonds is 4. The van der Waals surface area contributed by atoms with Gasteiger partial charge in [0.15, 0.2) is 10.8 Å². The fourth-order valence-electron chi connectivity index (χ4n) is 2.10. The Morgan fingerprint density at radius 1 is 0.324 bits per heavy atom. The molecule has 2 aliphatic rings. The molecule has 25 nitrogen and oxygen atoms in total. The standard InChI is InChI=1S/2C6H8O4.2C2H2O4.6CH2N.3CHN.2CH4.10CH3.6Pt/c2*7-4(8)6(5(9)10)2-1-3-6;2*3-1(4)2(5)6;9*1-2;;;;;;;;;;;;;;;;;;/h2*1-3H2,(H,7,8)(H,9,10);2*(H,3,4)(H,5,6);6*1H2;3*1H;2*1H4;10*1H3;;;;;;/q;;;;6*-1;;;;;;10*-1;4*+2;2*+4. The molecule has 2 saturated carbocycles. The fourth-order valence-corrected chi connectivity index (χ4v) is 2.10. The molecule has 0 aliphatic heterocycles. The van der Waals surface area contributed by atoms with Crippen LogP contribution in [0.3, 0.4) is 0 Å². The summed E-state index contributed by atoms with van der Waals surface area (Å²) in [6, 6.07) is 0. The molecule has 0 bridgehead atoms. The molecule has 0 heterocycles. The Labute approximate surface area is 495 Å². The van der Waals surface area contributed by atoms with E-state index in [9.17, 15) is 19.2 Å². The fraction of sp³-hybridized carbons (Fsp3) is 0.270. The van der Waals surface area contributed by atoms with Crippen LogP contribution in [-0.4, -0.2) is 129 Å². The maximum Gasteiger partial charge on any atom is 4.00 e. The first kappa shape index (κ1) is 207. The minimum Gasteiger partial charge on any atom is -0.817 e. The third-order valence-corrected chi connectivity index (χ3v) is 4.42. The summed E-state index contributed by atoms with van der Waals surface area (Å²) in [5, 5.41) is 123. The van der Waals surface area contributed by atoms with Gasteiger partial charge in [-0.05, 0) is 38.5 Å². The molecule has 8 N–H and O–H groups in total. The van der Waals surface area contributed by atoms with Crippen LogP contribution in [0, 0.1) is 121 Å². The SMILES string of the molecule is C.C.C#N.C#N.C#N.C=[N-].C=[N-].C=[N-].C=[N-].C=[N-].C=[N-].O=C(O)C(=O)O.O=C(O)C(=O)O.O=C(O)C1(C(=O)O)CCC1.O=C(O)C1(C(=O)O)CCC1.[CH3-].[CH3-].[CH3-].[CH3-].[CH3-].[CH3-].[CH3-].[CH3-].[CH3-].[CH3-].[Pt+2].[Pt+2].[Pt+2].[Pt+2].[Pt+4].[Pt+4]. The van der Waals surface area contributed by atoms with E-state index >= 15 is 0 Å². The van der Waals surface area contributed by atoms with Crippen LogP contribution in [0.1, 0.15) is 53.4 Å². The normalized spacial score (nSPS) is 7.97. The van der Waals surface area contributed by atoms with Gasteiger partial charge in [0.2, 0.25) is 0 Å². The zero-order chi connectivity index (χ0) is 43.9. The molecule has 2 rings (SSSR count). The van der Waals surface area contributed by atoms with E-state index in [1.807, 2.05) is 0 Å². The van der Waals surface area contributed by atoms with Gasteiger partial charge in [0.25, 0.3) is 0 Å². The molecule has 0 aromatic heterocycles. The summed E-state index contributed by atoms with van der Waals surface area (Å²) >= 11 is 0. The smallest absolute Gasteiger partial charge is 0.817 e. The molecule has 0 aromatic rings. The van der Waals surface area contributed by atoms with Crippen LogP contribution >= 0.6 is 0 Å². The zero-order valence-corrected chi connectivity index (χ0v) is 51.6. The van der Waals surface area contributed by atoms with Gasteiger partial charge in [-0.3, -0.25) is 19.2 Å². The first-order chi connectivity index (χ1) is 23.5. The predicted octanol–water partition coefficient (Wildman–Crippen LogP) is 6.68. The molecule has 31 heteroatoms. The van der Waals surface area contributed by atoms with Gasteiger partial charge in [0.05, 0.1) is 0 Å². The molecule has 0 aromatic carbocycles. The number of carbonyl (C=O) groups is 8. The zero-order valence-electron chi connectivity index (χ0n) is 38.0. The topological polar surface area (TPSA) is 504 Å². The third kappa shape index (κ3) is 119. The van der Waals surface area contributed by atoms with Crippen LogP contribution in [0.4, 0.5) is 0 Å². The Balaban J connectivity index is -0.00000000928. The van der Waals surface area contributed by atoms with Crippen LogP contribution < -0.4 is 0 Å². The molecule has 68 heavy (non-hydrogen) atoms. The van der Waals surface area contributed by atoms with Crippen molar-refractivity contribution < 1.29 is 206 Å². The largest absolute Gasteiger partial charge is 4.00 e. The van der Waals surface area contributed by atoms with Crippen LogP contribution in [0.25, 0.3) is 32.5 Å². The summed E-state index contributed by atoms with van der Waals surface area (Å²) in [6.45, 7) is 24.0. The Morgan fingerprint density at radius 2 is 0.397 bits per heavy atom. The second-order valence-corrected chi connectivity index (χ2v) is 6.31. The molecule has 0 spiro atoms. The van der Waals surface area contributed by atoms with Crippen LogP contribution in [0.2, 0.25) is 0 Å². The Kier molecular flexibility index (Phi) is 509. The average Bonchev–Trinajstić information content (AvgIpc) is 3.08. The second kappa shape index (κ2) is 167. The molecule has 0 saturated heterocycles. The molecule has 0 unspecified atom stereocenters. The van der Waals surface area contributed by atoms with Crippen molar-refractivity contribution in [2.75, 3.05) is 0 Å². The Morgan fingerprint density at radius 3 is 0.397 bits per heavy atom. The van der Waals surface area contributed by atoms with Gasteiger partial charge >= 0.3 is 174 Å². The molecular weight excluding hydrogens is 2000 g/mol. The van der Waals surface area contributed by atoms with Crippen LogP contribution in [-0.2, 0) is 165 Å². The number of nitrogens with zero attached hydrogens (tertiary/aromatic N) is 9. The van der Waals surface area contributed by atoms with Crippen molar-refractivity contribution in [1.29, 1.82) is 15.8 Å². The average molecular weight is 2070 g/mol. The summed E-state index contributed by atoms with van der Waals surface area (Å²) in [5.74, 6) is -12.1. The van der Waals surface area contributed by atoms with Gasteiger partial charge in [-0.15, -0.1) is 0 Å². The van der Waals surface area contributed by atoms with Gasteiger partial charge < -0.3 is 148 Å². The van der Waals surface area contributed by atoms with Crippen molar-refractivity contribution in [2.24, 2.45) is 10.8 Å². The quantitative estimate of drug-likeness (QED) is 0.0629. The number of hydrogen-bond donors (Lipinski definition) is 8. The first-order valence-corrected chi connectivity index (χ1v) is 11.0. The number of carboxylic acid groups (broad SMARTS) is 8. The molecule has 0 amide bonds. The first-order valence-electron chi connectivity index (χ1n) is 11.0. The van der Waals surface area contributed by atoms with E-state index in [0.29, 0.717) is 12.8 Å². The number of carboxylic acids is 8. The van der Waals surface area contributed by atoms with E-state index in [-0.39, 0.29) is 241 Å². The maximum absolute atomic E-state index is 10.4. The Bertz CT molecular complexity index is 930. The molecular formula is C37H73N9O16Pt6. The van der Waals surface area contributed by atoms with Crippen molar-refractivity contribution >= 4 is 88.1 Å². The van der Waals surface area contributed by atoms with Gasteiger partial charge in [0, 0.05) is 19.7 Å². The number of aliphatic carboxylic acids is 8. The van der Waals surface area contributed by atoms with Crippen molar-refractivity contribution in [2.45, 2.75) is 53.4 Å². The van der Waals surface area contributed by atoms with E-state index in [1.165, 1.54) is 0 Å². The minimum atomic E-state index is -1.82. The van der Waals surface area contributed by atoms with E-state index in [1.54, 1.807) is 0 Å². The van der Waals surface area contributed by atoms with Crippen molar-refractivity contribution in [3.63, 3.8) is 0 Å². The van der Waals surface area contributed by atoms with Gasteiger partial charge in [-0.1, -0.05) is 14.9 Å². The van der Waals surface area contributed by atoms with Crippen molar-refractivity contribution in [3.8, 4) is 19.7 Å². The summed E-state index contributed by atoms with van der Waals surface area (Å²) < 4.78 is 0. The number of hydrogen-bond acceptors (Lipinski definition) is 11. The van der Waals surface area contributed by atoms with Crippen LogP contribution in [0.5, 0.6) is 0 Å². The predicted molar refractivity (Wildman–Crippen MR) is 254 cm³/mol. The van der Waals surface area contributed by atoms with Gasteiger partial charge in [0.1, 0.15) is 0 Å². The van der Waals surface area contributed by atoms with E-state index in [2.05, 4.69) is 60.0 Å².